The van der Waals surface area contributed by atoms with Crippen LogP contribution in [0.25, 0.3) is 0 Å². The number of hydrogen-bond acceptors (Lipinski definition) is 3. The van der Waals surface area contributed by atoms with Crippen LogP contribution in [0.5, 0.6) is 0 Å². The Balaban J connectivity index is 2.25. The molecule has 0 saturated carbocycles. The molecule has 0 amide bonds. The fourth-order valence-electron chi connectivity index (χ4n) is 2.47. The Labute approximate surface area is 105 Å². The molecule has 1 fully saturated rings. The van der Waals surface area contributed by atoms with Crippen molar-refractivity contribution in [3.05, 3.63) is 0 Å². The van der Waals surface area contributed by atoms with E-state index in [-0.39, 0.29) is 18.8 Å². The first-order valence-corrected chi connectivity index (χ1v) is 7.05. The van der Waals surface area contributed by atoms with E-state index in [1.165, 1.54) is 32.1 Å². The van der Waals surface area contributed by atoms with Gasteiger partial charge in [-0.15, -0.1) is 0 Å². The van der Waals surface area contributed by atoms with Gasteiger partial charge in [-0.25, -0.2) is 0 Å². The average Bonchev–Trinajstić information content (AvgIpc) is 2.54. The van der Waals surface area contributed by atoms with Gasteiger partial charge in [-0.3, -0.25) is 0 Å². The van der Waals surface area contributed by atoms with E-state index in [2.05, 4.69) is 6.92 Å². The van der Waals surface area contributed by atoms with Crippen LogP contribution in [0, 0.1) is 0 Å². The molecule has 1 saturated heterocycles. The third-order valence-electron chi connectivity index (χ3n) is 3.29. The summed E-state index contributed by atoms with van der Waals surface area (Å²) in [6, 6.07) is 0. The Morgan fingerprint density at radius 1 is 0.941 bits per heavy atom. The standard InChI is InChI=1S/C14H28O3/c1-4-5-6-7-8-9-12-13(10-11-15)17-14(2,3)16-12/h12-13,15H,4-11H2,1-3H3/t12-,13-/m1/s1. The van der Waals surface area contributed by atoms with Gasteiger partial charge in [0.05, 0.1) is 12.2 Å². The molecule has 1 aliphatic heterocycles. The van der Waals surface area contributed by atoms with Crippen molar-refractivity contribution in [2.45, 2.75) is 83.7 Å². The zero-order valence-electron chi connectivity index (χ0n) is 11.6. The molecule has 0 unspecified atom stereocenters. The number of hydrogen-bond donors (Lipinski definition) is 1. The highest BCUT2D eigenvalue weighted by molar-refractivity contribution is 4.81. The minimum atomic E-state index is -0.478. The zero-order valence-corrected chi connectivity index (χ0v) is 11.6. The van der Waals surface area contributed by atoms with Gasteiger partial charge in [0.15, 0.2) is 5.79 Å². The molecule has 17 heavy (non-hydrogen) atoms. The first-order valence-electron chi connectivity index (χ1n) is 7.05. The molecule has 3 heteroatoms. The molecule has 1 N–H and O–H groups in total. The molecule has 102 valence electrons. The first-order chi connectivity index (χ1) is 8.09. The van der Waals surface area contributed by atoms with E-state index in [4.69, 9.17) is 14.6 Å². The van der Waals surface area contributed by atoms with Crippen LogP contribution in [0.3, 0.4) is 0 Å². The predicted molar refractivity (Wildman–Crippen MR) is 68.9 cm³/mol. The Kier molecular flexibility index (Phi) is 6.45. The monoisotopic (exact) mass is 244 g/mol. The van der Waals surface area contributed by atoms with Crippen LogP contribution in [-0.2, 0) is 9.47 Å². The Bertz CT molecular complexity index is 204. The smallest absolute Gasteiger partial charge is 0.163 e. The molecule has 0 aliphatic carbocycles. The first kappa shape index (κ1) is 14.9. The summed E-state index contributed by atoms with van der Waals surface area (Å²) in [4.78, 5) is 0. The predicted octanol–water partition coefficient (Wildman–Crippen LogP) is 3.25. The van der Waals surface area contributed by atoms with Crippen LogP contribution < -0.4 is 0 Å². The second-order valence-corrected chi connectivity index (χ2v) is 5.43. The highest BCUT2D eigenvalue weighted by Gasteiger charge is 2.40. The lowest BCUT2D eigenvalue weighted by molar-refractivity contribution is -0.147. The van der Waals surface area contributed by atoms with Crippen LogP contribution in [0.2, 0.25) is 0 Å². The van der Waals surface area contributed by atoms with Gasteiger partial charge in [-0.1, -0.05) is 39.0 Å². The molecular weight excluding hydrogens is 216 g/mol. The van der Waals surface area contributed by atoms with Gasteiger partial charge in [0.25, 0.3) is 0 Å². The number of ether oxygens (including phenoxy) is 2. The largest absolute Gasteiger partial charge is 0.396 e. The summed E-state index contributed by atoms with van der Waals surface area (Å²) in [5.74, 6) is -0.478. The lowest BCUT2D eigenvalue weighted by Crippen LogP contribution is -2.23. The lowest BCUT2D eigenvalue weighted by Gasteiger charge is -2.16. The molecule has 0 aromatic carbocycles. The summed E-state index contributed by atoms with van der Waals surface area (Å²) in [6.45, 7) is 6.31. The van der Waals surface area contributed by atoms with Crippen LogP contribution in [0.1, 0.15) is 65.7 Å². The average molecular weight is 244 g/mol. The minimum absolute atomic E-state index is 0.0705. The van der Waals surface area contributed by atoms with Crippen molar-refractivity contribution in [1.29, 1.82) is 0 Å². The summed E-state index contributed by atoms with van der Waals surface area (Å²) in [5, 5.41) is 9.02. The van der Waals surface area contributed by atoms with Crippen molar-refractivity contribution in [2.75, 3.05) is 6.61 Å². The third kappa shape index (κ3) is 5.36. The lowest BCUT2D eigenvalue weighted by atomic mass is 10.0. The van der Waals surface area contributed by atoms with E-state index in [0.29, 0.717) is 6.42 Å². The Hall–Kier alpha value is -0.120. The third-order valence-corrected chi connectivity index (χ3v) is 3.29. The maximum Gasteiger partial charge on any atom is 0.163 e. The SMILES string of the molecule is CCCCCCC[C@H]1OC(C)(C)O[C@@H]1CCO. The van der Waals surface area contributed by atoms with Crippen LogP contribution >= 0.6 is 0 Å². The topological polar surface area (TPSA) is 38.7 Å². The van der Waals surface area contributed by atoms with Gasteiger partial charge in [0.1, 0.15) is 0 Å². The van der Waals surface area contributed by atoms with Crippen molar-refractivity contribution >= 4 is 0 Å². The van der Waals surface area contributed by atoms with E-state index >= 15 is 0 Å². The zero-order chi connectivity index (χ0) is 12.7. The van der Waals surface area contributed by atoms with Crippen molar-refractivity contribution in [2.24, 2.45) is 0 Å². The van der Waals surface area contributed by atoms with E-state index in [9.17, 15) is 0 Å². The number of rotatable bonds is 8. The van der Waals surface area contributed by atoms with Gasteiger partial charge >= 0.3 is 0 Å². The summed E-state index contributed by atoms with van der Waals surface area (Å²) in [6.07, 6.45) is 8.38. The molecule has 2 atom stereocenters. The summed E-state index contributed by atoms with van der Waals surface area (Å²) in [7, 11) is 0. The van der Waals surface area contributed by atoms with E-state index < -0.39 is 5.79 Å². The molecule has 0 spiro atoms. The quantitative estimate of drug-likeness (QED) is 0.666. The maximum absolute atomic E-state index is 9.02. The van der Waals surface area contributed by atoms with Crippen LogP contribution in [0.15, 0.2) is 0 Å². The molecule has 0 bridgehead atoms. The second-order valence-electron chi connectivity index (χ2n) is 5.43. The van der Waals surface area contributed by atoms with E-state index in [1.807, 2.05) is 13.8 Å². The normalized spacial score (nSPS) is 27.5. The Morgan fingerprint density at radius 3 is 2.12 bits per heavy atom. The second kappa shape index (κ2) is 7.34. The molecule has 1 rings (SSSR count). The van der Waals surface area contributed by atoms with Crippen molar-refractivity contribution in [3.8, 4) is 0 Å². The van der Waals surface area contributed by atoms with Crippen molar-refractivity contribution in [3.63, 3.8) is 0 Å². The fourth-order valence-corrected chi connectivity index (χ4v) is 2.47. The summed E-state index contributed by atoms with van der Waals surface area (Å²) < 4.78 is 11.7. The molecule has 0 radical (unpaired) electrons. The fraction of sp³-hybridized carbons (Fsp3) is 1.00. The van der Waals surface area contributed by atoms with E-state index in [0.717, 1.165) is 6.42 Å². The van der Waals surface area contributed by atoms with E-state index in [1.54, 1.807) is 0 Å². The van der Waals surface area contributed by atoms with Crippen molar-refractivity contribution in [1.82, 2.24) is 0 Å². The maximum atomic E-state index is 9.02. The highest BCUT2D eigenvalue weighted by Crippen LogP contribution is 2.32. The van der Waals surface area contributed by atoms with Gasteiger partial charge in [0.2, 0.25) is 0 Å². The van der Waals surface area contributed by atoms with Gasteiger partial charge < -0.3 is 14.6 Å². The highest BCUT2D eigenvalue weighted by atomic mass is 16.7. The number of unbranched alkanes of at least 4 members (excludes halogenated alkanes) is 4. The molecular formula is C14H28O3. The molecule has 1 aliphatic rings. The summed E-state index contributed by atoms with van der Waals surface area (Å²) >= 11 is 0. The van der Waals surface area contributed by atoms with Gasteiger partial charge in [-0.2, -0.15) is 0 Å². The van der Waals surface area contributed by atoms with Gasteiger partial charge in [-0.05, 0) is 26.7 Å². The Morgan fingerprint density at radius 2 is 1.53 bits per heavy atom. The summed E-state index contributed by atoms with van der Waals surface area (Å²) in [5.41, 5.74) is 0. The number of aliphatic hydroxyl groups is 1. The molecule has 0 aromatic heterocycles. The van der Waals surface area contributed by atoms with Gasteiger partial charge in [0, 0.05) is 6.61 Å². The molecule has 3 nitrogen and oxygen atoms in total. The van der Waals surface area contributed by atoms with Crippen LogP contribution in [0.4, 0.5) is 0 Å². The van der Waals surface area contributed by atoms with Crippen molar-refractivity contribution < 1.29 is 14.6 Å². The molecule has 0 aromatic rings. The minimum Gasteiger partial charge on any atom is -0.396 e. The number of aliphatic hydroxyl groups excluding tert-OH is 1. The van der Waals surface area contributed by atoms with Crippen LogP contribution in [-0.4, -0.2) is 29.7 Å². The molecule has 1 heterocycles.